The fourth-order valence-electron chi connectivity index (χ4n) is 1.18. The predicted octanol–water partition coefficient (Wildman–Crippen LogP) is 1.73. The van der Waals surface area contributed by atoms with E-state index in [1.54, 1.807) is 0 Å². The molecule has 2 atom stereocenters. The summed E-state index contributed by atoms with van der Waals surface area (Å²) in [5, 5.41) is 1.49. The zero-order chi connectivity index (χ0) is 10.1. The number of ether oxygens (including phenoxy) is 2. The summed E-state index contributed by atoms with van der Waals surface area (Å²) in [5.41, 5.74) is 0. The fourth-order valence-corrected chi connectivity index (χ4v) is 3.92. The first-order valence-corrected chi connectivity index (χ1v) is 9.75. The van der Waals surface area contributed by atoms with Crippen molar-refractivity contribution in [2.75, 3.05) is 24.7 Å². The van der Waals surface area contributed by atoms with Gasteiger partial charge in [0.15, 0.2) is 0 Å². The minimum atomic E-state index is -0.115. The monoisotopic (exact) mass is 358 g/mol. The second kappa shape index (κ2) is 4.83. The standard InChI is InChI=1S/C10H12O2S2Te/c1(7-3-13-7)11-9-5-15-6-10(9)12-2-8-4-14-8/h5-8H,1-4H2. The summed E-state index contributed by atoms with van der Waals surface area (Å²) in [7, 11) is 0. The SMILES string of the molecule is c1[te]cc(OCC2CS2)c1OCC1CS1. The van der Waals surface area contributed by atoms with E-state index in [4.69, 9.17) is 9.47 Å². The summed E-state index contributed by atoms with van der Waals surface area (Å²) in [6.07, 6.45) is 0. The van der Waals surface area contributed by atoms with Crippen molar-refractivity contribution in [3.05, 3.63) is 8.16 Å². The Morgan fingerprint density at radius 2 is 1.53 bits per heavy atom. The molecule has 0 spiro atoms. The van der Waals surface area contributed by atoms with Crippen molar-refractivity contribution >= 4 is 44.0 Å². The summed E-state index contributed by atoms with van der Waals surface area (Å²) >= 11 is 3.84. The van der Waals surface area contributed by atoms with Gasteiger partial charge in [-0.05, 0) is 0 Å². The Balaban J connectivity index is 1.52. The Hall–Kier alpha value is 0.570. The molecule has 15 heavy (non-hydrogen) atoms. The molecule has 2 aliphatic rings. The van der Waals surface area contributed by atoms with Crippen LogP contribution in [0.15, 0.2) is 8.16 Å². The van der Waals surface area contributed by atoms with Gasteiger partial charge >= 0.3 is 108 Å². The van der Waals surface area contributed by atoms with Gasteiger partial charge in [-0.3, -0.25) is 0 Å². The molecule has 0 radical (unpaired) electrons. The number of hydrogen-bond donors (Lipinski definition) is 0. The van der Waals surface area contributed by atoms with E-state index < -0.39 is 0 Å². The van der Waals surface area contributed by atoms with Crippen molar-refractivity contribution in [1.29, 1.82) is 0 Å². The first kappa shape index (κ1) is 10.7. The van der Waals surface area contributed by atoms with E-state index in [2.05, 4.69) is 8.16 Å². The van der Waals surface area contributed by atoms with E-state index in [-0.39, 0.29) is 20.4 Å². The fraction of sp³-hybridized carbons (Fsp3) is 0.600. The van der Waals surface area contributed by atoms with E-state index in [1.165, 1.54) is 11.5 Å². The van der Waals surface area contributed by atoms with Crippen LogP contribution < -0.4 is 9.47 Å². The molecule has 1 aromatic rings. The maximum absolute atomic E-state index is 5.76. The van der Waals surface area contributed by atoms with Crippen LogP contribution in [0.5, 0.6) is 11.5 Å². The Labute approximate surface area is 108 Å². The zero-order valence-electron chi connectivity index (χ0n) is 8.18. The van der Waals surface area contributed by atoms with Gasteiger partial charge in [-0.25, -0.2) is 0 Å². The predicted molar refractivity (Wildman–Crippen MR) is 66.9 cm³/mol. The third-order valence-electron chi connectivity index (χ3n) is 2.25. The Kier molecular flexibility index (Phi) is 3.45. The third kappa shape index (κ3) is 3.26. The Bertz CT molecular complexity index is 303. The molecule has 2 saturated heterocycles. The van der Waals surface area contributed by atoms with E-state index in [0.29, 0.717) is 0 Å². The number of rotatable bonds is 6. The number of hydrogen-bond acceptors (Lipinski definition) is 4. The summed E-state index contributed by atoms with van der Waals surface area (Å²) < 4.78 is 16.0. The van der Waals surface area contributed by atoms with Crippen LogP contribution in [0.25, 0.3) is 0 Å². The molecular formula is C10H12O2S2Te. The van der Waals surface area contributed by atoms with Crippen molar-refractivity contribution in [3.63, 3.8) is 0 Å². The van der Waals surface area contributed by atoms with Crippen LogP contribution in [0.1, 0.15) is 0 Å². The molecular weight excluding hydrogens is 344 g/mol. The van der Waals surface area contributed by atoms with E-state index in [0.717, 1.165) is 35.2 Å². The van der Waals surface area contributed by atoms with E-state index in [1.807, 2.05) is 23.5 Å². The molecule has 2 aliphatic heterocycles. The van der Waals surface area contributed by atoms with Gasteiger partial charge in [-0.15, -0.1) is 0 Å². The Morgan fingerprint density at radius 3 is 1.93 bits per heavy atom. The minimum absolute atomic E-state index is 0.115. The quantitative estimate of drug-likeness (QED) is 0.571. The van der Waals surface area contributed by atoms with Gasteiger partial charge in [0, 0.05) is 0 Å². The van der Waals surface area contributed by atoms with Crippen molar-refractivity contribution in [3.8, 4) is 11.5 Å². The summed E-state index contributed by atoms with van der Waals surface area (Å²) in [5.74, 6) is 4.58. The average Bonchev–Trinajstić information content (AvgIpc) is 3.14. The molecule has 0 amide bonds. The van der Waals surface area contributed by atoms with Crippen molar-refractivity contribution < 1.29 is 9.47 Å². The first-order chi connectivity index (χ1) is 7.42. The Morgan fingerprint density at radius 1 is 1.07 bits per heavy atom. The molecule has 0 aliphatic carbocycles. The zero-order valence-corrected chi connectivity index (χ0v) is 12.1. The van der Waals surface area contributed by atoms with Crippen LogP contribution in [0, 0.1) is 0 Å². The molecule has 0 N–H and O–H groups in total. The van der Waals surface area contributed by atoms with E-state index in [9.17, 15) is 0 Å². The van der Waals surface area contributed by atoms with Crippen molar-refractivity contribution in [2.24, 2.45) is 0 Å². The molecule has 3 heterocycles. The van der Waals surface area contributed by atoms with Gasteiger partial charge in [-0.1, -0.05) is 0 Å². The topological polar surface area (TPSA) is 18.5 Å². The molecule has 0 bridgehead atoms. The first-order valence-electron chi connectivity index (χ1n) is 4.97. The van der Waals surface area contributed by atoms with Crippen LogP contribution in [-0.2, 0) is 0 Å². The summed E-state index contributed by atoms with van der Waals surface area (Å²) in [6.45, 7) is 1.73. The second-order valence-corrected chi connectivity index (χ2v) is 8.42. The van der Waals surface area contributed by atoms with Gasteiger partial charge in [0.1, 0.15) is 0 Å². The average molecular weight is 356 g/mol. The van der Waals surface area contributed by atoms with Gasteiger partial charge in [0.05, 0.1) is 0 Å². The molecule has 0 saturated carbocycles. The van der Waals surface area contributed by atoms with Crippen molar-refractivity contribution in [2.45, 2.75) is 10.5 Å². The van der Waals surface area contributed by atoms with Crippen LogP contribution in [0.2, 0.25) is 0 Å². The van der Waals surface area contributed by atoms with Gasteiger partial charge in [0.2, 0.25) is 0 Å². The third-order valence-corrected chi connectivity index (χ3v) is 6.13. The summed E-state index contributed by atoms with van der Waals surface area (Å²) in [6, 6.07) is 0. The molecule has 2 unspecified atom stereocenters. The molecule has 5 heteroatoms. The van der Waals surface area contributed by atoms with Crippen molar-refractivity contribution in [1.82, 2.24) is 0 Å². The van der Waals surface area contributed by atoms with Crippen LogP contribution in [0.4, 0.5) is 0 Å². The van der Waals surface area contributed by atoms with Gasteiger partial charge in [-0.2, -0.15) is 0 Å². The van der Waals surface area contributed by atoms with Crippen LogP contribution >= 0.6 is 23.5 Å². The van der Waals surface area contributed by atoms with E-state index >= 15 is 0 Å². The number of thioether (sulfide) groups is 2. The molecule has 82 valence electrons. The second-order valence-electron chi connectivity index (χ2n) is 3.63. The van der Waals surface area contributed by atoms with Gasteiger partial charge in [0.25, 0.3) is 0 Å². The summed E-state index contributed by atoms with van der Waals surface area (Å²) in [4.78, 5) is 0. The molecule has 2 nitrogen and oxygen atoms in total. The molecule has 3 rings (SSSR count). The van der Waals surface area contributed by atoms with Gasteiger partial charge < -0.3 is 0 Å². The van der Waals surface area contributed by atoms with Crippen LogP contribution in [-0.4, -0.2) is 55.7 Å². The maximum atomic E-state index is 5.76. The molecule has 0 aromatic carbocycles. The molecule has 1 aromatic heterocycles. The normalized spacial score (nSPS) is 27.5. The van der Waals surface area contributed by atoms with Crippen LogP contribution in [0.3, 0.4) is 0 Å². The molecule has 2 fully saturated rings.